The van der Waals surface area contributed by atoms with Crippen molar-refractivity contribution < 1.29 is 28.8 Å². The van der Waals surface area contributed by atoms with E-state index in [0.29, 0.717) is 5.56 Å². The first kappa shape index (κ1) is 22.2. The number of esters is 1. The maximum Gasteiger partial charge on any atom is 0.441 e. The van der Waals surface area contributed by atoms with E-state index < -0.39 is 46.3 Å². The van der Waals surface area contributed by atoms with Gasteiger partial charge in [-0.1, -0.05) is 6.92 Å². The fourth-order valence-corrected chi connectivity index (χ4v) is 3.08. The minimum Gasteiger partial charge on any atom is -0.452 e. The molecule has 30 heavy (non-hydrogen) atoms. The van der Waals surface area contributed by atoms with Crippen molar-refractivity contribution in [2.45, 2.75) is 32.5 Å². The zero-order valence-electron chi connectivity index (χ0n) is 16.1. The Labute approximate surface area is 170 Å². The Hall–Kier alpha value is -4.10. The zero-order valence-corrected chi connectivity index (χ0v) is 16.1. The molecule has 1 aliphatic rings. The summed E-state index contributed by atoms with van der Waals surface area (Å²) < 4.78 is 4.95. The number of nitro benzene ring substituents is 1. The molecule has 2 N–H and O–H groups in total. The molecule has 12 nitrogen and oxygen atoms in total. The molecule has 0 radical (unpaired) electrons. The van der Waals surface area contributed by atoms with Crippen LogP contribution in [0.1, 0.15) is 19.4 Å². The quantitative estimate of drug-likeness (QED) is 0.0543. The van der Waals surface area contributed by atoms with E-state index in [-0.39, 0.29) is 18.2 Å². The van der Waals surface area contributed by atoms with Gasteiger partial charge >= 0.3 is 11.7 Å². The van der Waals surface area contributed by atoms with Gasteiger partial charge in [0.1, 0.15) is 6.61 Å². The molecule has 2 rings (SSSR count). The van der Waals surface area contributed by atoms with E-state index in [4.69, 9.17) is 15.5 Å². The maximum absolute atomic E-state index is 12.6. The standard InChI is InChI=1S/C18H18N6O6/c1-9(14-13(17(26)22-14)10(2)21-8-19)16(25)15(23-20)18(27)30-7-11-3-5-12(6-4-11)24(28)29/h3-6,9-10,13-14,21H,7H2,1-2H3,(H,22,26)/t9-,10-,13-,14-/m1/s1. The highest BCUT2D eigenvalue weighted by Crippen LogP contribution is 2.26. The van der Waals surface area contributed by atoms with Crippen molar-refractivity contribution in [3.8, 4) is 6.19 Å². The summed E-state index contributed by atoms with van der Waals surface area (Å²) in [6.07, 6.45) is 1.73. The molecule has 0 unspecified atom stereocenters. The second-order valence-corrected chi connectivity index (χ2v) is 6.71. The van der Waals surface area contributed by atoms with Crippen LogP contribution >= 0.6 is 0 Å². The Morgan fingerprint density at radius 3 is 2.53 bits per heavy atom. The molecule has 1 aromatic rings. The molecule has 1 amide bonds. The van der Waals surface area contributed by atoms with Crippen LogP contribution in [0.4, 0.5) is 5.69 Å². The number of nitrogens with one attached hydrogen (secondary N) is 2. The summed E-state index contributed by atoms with van der Waals surface area (Å²) in [5, 5.41) is 24.3. The third kappa shape index (κ3) is 4.65. The zero-order chi connectivity index (χ0) is 22.4. The van der Waals surface area contributed by atoms with Crippen molar-refractivity contribution >= 4 is 29.1 Å². The number of hydrogen-bond donors (Lipinski definition) is 2. The van der Waals surface area contributed by atoms with Crippen molar-refractivity contribution in [2.75, 3.05) is 0 Å². The Kier molecular flexibility index (Phi) is 6.95. The Balaban J connectivity index is 2.02. The lowest BCUT2D eigenvalue weighted by Gasteiger charge is -2.42. The molecule has 1 aromatic carbocycles. The number of amides is 1. The number of Topliss-reactive ketones (excluding diaryl/α,β-unsaturated/α-hetero) is 1. The van der Waals surface area contributed by atoms with E-state index in [2.05, 4.69) is 15.4 Å². The van der Waals surface area contributed by atoms with E-state index in [1.165, 1.54) is 31.2 Å². The minimum atomic E-state index is -1.18. The Morgan fingerprint density at radius 2 is 2.03 bits per heavy atom. The lowest BCUT2D eigenvalue weighted by molar-refractivity contribution is -0.384. The first-order chi connectivity index (χ1) is 14.2. The first-order valence-corrected chi connectivity index (χ1v) is 8.83. The van der Waals surface area contributed by atoms with Crippen LogP contribution in [0.15, 0.2) is 24.3 Å². The second-order valence-electron chi connectivity index (χ2n) is 6.71. The molecule has 0 spiro atoms. The van der Waals surface area contributed by atoms with E-state index in [9.17, 15) is 24.5 Å². The number of β-lactam (4-membered cyclic amide) rings is 1. The van der Waals surface area contributed by atoms with Crippen LogP contribution in [-0.4, -0.2) is 45.2 Å². The summed E-state index contributed by atoms with van der Waals surface area (Å²) in [4.78, 5) is 49.4. The molecule has 1 heterocycles. The minimum absolute atomic E-state index is 0.135. The number of hydrogen-bond acceptors (Lipinski definition) is 8. The van der Waals surface area contributed by atoms with Gasteiger partial charge in [-0.05, 0) is 24.6 Å². The van der Waals surface area contributed by atoms with E-state index in [0.717, 1.165) is 0 Å². The highest BCUT2D eigenvalue weighted by atomic mass is 16.6. The molecule has 0 aromatic heterocycles. The number of carbonyl (C=O) groups excluding carboxylic acids is 3. The number of nitriles is 1. The van der Waals surface area contributed by atoms with Gasteiger partial charge in [-0.25, -0.2) is 4.79 Å². The highest BCUT2D eigenvalue weighted by Gasteiger charge is 2.50. The van der Waals surface area contributed by atoms with Crippen molar-refractivity contribution in [1.29, 1.82) is 5.26 Å². The van der Waals surface area contributed by atoms with E-state index in [1.54, 1.807) is 13.1 Å². The third-order valence-electron chi connectivity index (χ3n) is 4.83. The van der Waals surface area contributed by atoms with Gasteiger partial charge < -0.3 is 20.9 Å². The smallest absolute Gasteiger partial charge is 0.441 e. The molecule has 1 aliphatic heterocycles. The van der Waals surface area contributed by atoms with Gasteiger partial charge in [0.25, 0.3) is 11.5 Å². The molecular formula is C18H18N6O6. The summed E-state index contributed by atoms with van der Waals surface area (Å²) in [5.74, 6) is -3.98. The average Bonchev–Trinajstić information content (AvgIpc) is 2.70. The fourth-order valence-electron chi connectivity index (χ4n) is 3.08. The summed E-state index contributed by atoms with van der Waals surface area (Å²) in [6, 6.07) is 4.02. The number of non-ortho nitro benzene ring substituents is 1. The topological polar surface area (TPSA) is 188 Å². The van der Waals surface area contributed by atoms with Crippen molar-refractivity contribution in [2.24, 2.45) is 11.8 Å². The Bertz CT molecular complexity index is 962. The molecule has 0 bridgehead atoms. The number of ketones is 1. The van der Waals surface area contributed by atoms with E-state index >= 15 is 0 Å². The molecule has 0 saturated carbocycles. The van der Waals surface area contributed by atoms with Crippen LogP contribution in [0.5, 0.6) is 0 Å². The molecule has 1 saturated heterocycles. The van der Waals surface area contributed by atoms with Crippen molar-refractivity contribution in [3.05, 3.63) is 45.5 Å². The SMILES string of the molecule is C[C@@H](NC#N)[C@H]1C(=O)N[C@@H]1[C@@H](C)C(=O)C(=[N+]=[N-])C(=O)OCc1ccc([N+](=O)[O-])cc1. The summed E-state index contributed by atoms with van der Waals surface area (Å²) >= 11 is 0. The summed E-state index contributed by atoms with van der Waals surface area (Å²) in [5.41, 5.74) is 8.59. The number of benzene rings is 1. The fraction of sp³-hybridized carbons (Fsp3) is 0.389. The van der Waals surface area contributed by atoms with Gasteiger partial charge in [0.15, 0.2) is 6.19 Å². The lowest BCUT2D eigenvalue weighted by atomic mass is 9.75. The summed E-state index contributed by atoms with van der Waals surface area (Å²) in [7, 11) is 0. The number of rotatable bonds is 9. The van der Waals surface area contributed by atoms with Gasteiger partial charge in [-0.15, -0.1) is 0 Å². The maximum atomic E-state index is 12.6. The number of carbonyl (C=O) groups is 3. The predicted molar refractivity (Wildman–Crippen MR) is 99.3 cm³/mol. The van der Waals surface area contributed by atoms with Crippen LogP contribution in [-0.2, 0) is 25.7 Å². The number of nitrogens with zero attached hydrogens (tertiary/aromatic N) is 4. The lowest BCUT2D eigenvalue weighted by Crippen LogP contribution is -2.67. The average molecular weight is 414 g/mol. The van der Waals surface area contributed by atoms with E-state index in [1.807, 2.05) is 0 Å². The van der Waals surface area contributed by atoms with Crippen molar-refractivity contribution in [1.82, 2.24) is 10.6 Å². The Morgan fingerprint density at radius 1 is 1.40 bits per heavy atom. The molecule has 0 aliphatic carbocycles. The normalized spacial score (nSPS) is 19.0. The van der Waals surface area contributed by atoms with Crippen LogP contribution in [0.25, 0.3) is 5.53 Å². The van der Waals surface area contributed by atoms with Gasteiger partial charge in [-0.3, -0.25) is 19.7 Å². The van der Waals surface area contributed by atoms with Gasteiger partial charge in [0, 0.05) is 24.1 Å². The van der Waals surface area contributed by atoms with Gasteiger partial charge in [-0.2, -0.15) is 10.1 Å². The van der Waals surface area contributed by atoms with Crippen LogP contribution in [0.3, 0.4) is 0 Å². The number of nitro groups is 1. The monoisotopic (exact) mass is 414 g/mol. The van der Waals surface area contributed by atoms with Crippen LogP contribution < -0.4 is 10.6 Å². The molecule has 4 atom stereocenters. The largest absolute Gasteiger partial charge is 0.452 e. The van der Waals surface area contributed by atoms with Crippen molar-refractivity contribution in [3.63, 3.8) is 0 Å². The molecule has 156 valence electrons. The van der Waals surface area contributed by atoms with Crippen LogP contribution in [0.2, 0.25) is 0 Å². The molecule has 12 heteroatoms. The highest BCUT2D eigenvalue weighted by molar-refractivity contribution is 6.62. The van der Waals surface area contributed by atoms with Gasteiger partial charge in [0.2, 0.25) is 5.91 Å². The van der Waals surface area contributed by atoms with Crippen LogP contribution in [0, 0.1) is 33.4 Å². The molecular weight excluding hydrogens is 396 g/mol. The second kappa shape index (κ2) is 9.40. The third-order valence-corrected chi connectivity index (χ3v) is 4.83. The summed E-state index contributed by atoms with van der Waals surface area (Å²) in [6.45, 7) is 2.76. The van der Waals surface area contributed by atoms with Gasteiger partial charge in [0.05, 0.1) is 16.9 Å². The number of ether oxygens (including phenoxy) is 1. The molecule has 1 fully saturated rings. The predicted octanol–water partition coefficient (Wildman–Crippen LogP) is 0.0878. The first-order valence-electron chi connectivity index (χ1n) is 8.83.